The lowest BCUT2D eigenvalue weighted by atomic mass is 10.1. The minimum Gasteiger partial charge on any atom is -0.459 e. The molecule has 1 aromatic carbocycles. The largest absolute Gasteiger partial charge is 0.459 e. The highest BCUT2D eigenvalue weighted by atomic mass is 16.3. The molecule has 2 aromatic heterocycles. The average Bonchev–Trinajstić information content (AvgIpc) is 3.35. The van der Waals surface area contributed by atoms with E-state index in [4.69, 9.17) is 4.42 Å². The van der Waals surface area contributed by atoms with Gasteiger partial charge in [-0.25, -0.2) is 4.68 Å². The lowest BCUT2D eigenvalue weighted by Crippen LogP contribution is -2.50. The maximum atomic E-state index is 12.5. The molecule has 1 saturated heterocycles. The van der Waals surface area contributed by atoms with Crippen molar-refractivity contribution in [3.05, 3.63) is 58.8 Å². The zero-order valence-electron chi connectivity index (χ0n) is 17.3. The average molecular weight is 423 g/mol. The molecule has 0 unspecified atom stereocenters. The van der Waals surface area contributed by atoms with Crippen molar-refractivity contribution in [2.75, 3.05) is 26.2 Å². The minimum absolute atomic E-state index is 0.104. The van der Waals surface area contributed by atoms with Crippen LogP contribution < -0.4 is 5.56 Å². The smallest absolute Gasteiger partial charge is 0.289 e. The molecule has 1 aliphatic heterocycles. The van der Waals surface area contributed by atoms with Gasteiger partial charge in [-0.15, -0.1) is 5.10 Å². The van der Waals surface area contributed by atoms with Gasteiger partial charge in [0.25, 0.3) is 11.5 Å². The zero-order chi connectivity index (χ0) is 21.6. The number of benzene rings is 1. The number of nitrogens with zero attached hydrogens (tertiary/aromatic N) is 5. The van der Waals surface area contributed by atoms with E-state index < -0.39 is 0 Å². The number of aromatic nitrogens is 3. The van der Waals surface area contributed by atoms with Crippen LogP contribution in [0.5, 0.6) is 0 Å². The first-order valence-electron chi connectivity index (χ1n) is 10.6. The fourth-order valence-corrected chi connectivity index (χ4v) is 3.76. The Morgan fingerprint density at radius 3 is 2.48 bits per heavy atom. The van der Waals surface area contributed by atoms with Crippen LogP contribution in [0, 0.1) is 0 Å². The predicted molar refractivity (Wildman–Crippen MR) is 113 cm³/mol. The van der Waals surface area contributed by atoms with Crippen LogP contribution in [0.2, 0.25) is 0 Å². The van der Waals surface area contributed by atoms with Gasteiger partial charge in [0.1, 0.15) is 5.52 Å². The minimum atomic E-state index is -0.136. The summed E-state index contributed by atoms with van der Waals surface area (Å²) >= 11 is 0. The molecule has 1 fully saturated rings. The molecule has 0 aliphatic carbocycles. The Bertz CT molecular complexity index is 1100. The standard InChI is InChI=1S/C22H25N5O4/c28-20(25-12-14-26(15-13-25)22(30)19-9-6-16-31-19)10-2-1-5-11-27-21(29)17-7-3-4-8-18(17)23-24-27/h3-4,6-9,16H,1-2,5,10-15H2. The molecule has 3 aromatic rings. The summed E-state index contributed by atoms with van der Waals surface area (Å²) < 4.78 is 6.55. The van der Waals surface area contributed by atoms with E-state index in [-0.39, 0.29) is 17.4 Å². The van der Waals surface area contributed by atoms with Gasteiger partial charge in [-0.1, -0.05) is 23.8 Å². The van der Waals surface area contributed by atoms with E-state index in [9.17, 15) is 14.4 Å². The van der Waals surface area contributed by atoms with E-state index >= 15 is 0 Å². The topological polar surface area (TPSA) is 102 Å². The second kappa shape index (κ2) is 9.55. The van der Waals surface area contributed by atoms with Crippen LogP contribution in [0.3, 0.4) is 0 Å². The van der Waals surface area contributed by atoms with Crippen LogP contribution in [0.25, 0.3) is 10.9 Å². The van der Waals surface area contributed by atoms with Crippen LogP contribution in [0.1, 0.15) is 36.2 Å². The summed E-state index contributed by atoms with van der Waals surface area (Å²) in [5.74, 6) is 0.298. The summed E-state index contributed by atoms with van der Waals surface area (Å²) in [7, 11) is 0. The zero-order valence-corrected chi connectivity index (χ0v) is 17.3. The quantitative estimate of drug-likeness (QED) is 0.538. The van der Waals surface area contributed by atoms with Crippen molar-refractivity contribution in [1.82, 2.24) is 24.8 Å². The Labute approximate surface area is 179 Å². The van der Waals surface area contributed by atoms with Gasteiger partial charge in [-0.3, -0.25) is 14.4 Å². The molecule has 3 heterocycles. The highest BCUT2D eigenvalue weighted by Gasteiger charge is 2.25. The second-order valence-electron chi connectivity index (χ2n) is 7.60. The molecule has 0 saturated carbocycles. The number of hydrogen-bond donors (Lipinski definition) is 0. The fourth-order valence-electron chi connectivity index (χ4n) is 3.76. The fraction of sp³-hybridized carbons (Fsp3) is 0.409. The van der Waals surface area contributed by atoms with Crippen molar-refractivity contribution >= 4 is 22.7 Å². The number of carbonyl (C=O) groups excluding carboxylic acids is 2. The van der Waals surface area contributed by atoms with Crippen LogP contribution in [0.15, 0.2) is 51.9 Å². The molecule has 9 heteroatoms. The first kappa shape index (κ1) is 20.8. The maximum Gasteiger partial charge on any atom is 0.289 e. The summed E-state index contributed by atoms with van der Waals surface area (Å²) in [5, 5.41) is 8.64. The first-order chi connectivity index (χ1) is 15.1. The molecule has 2 amide bonds. The van der Waals surface area contributed by atoms with E-state index in [1.165, 1.54) is 10.9 Å². The summed E-state index contributed by atoms with van der Waals surface area (Å²) in [6.45, 7) is 2.57. The number of piperazine rings is 1. The molecule has 9 nitrogen and oxygen atoms in total. The van der Waals surface area contributed by atoms with Gasteiger partial charge in [0.2, 0.25) is 5.91 Å². The van der Waals surface area contributed by atoms with Crippen molar-refractivity contribution in [1.29, 1.82) is 0 Å². The maximum absolute atomic E-state index is 12.5. The van der Waals surface area contributed by atoms with Crippen molar-refractivity contribution in [3.63, 3.8) is 0 Å². The van der Waals surface area contributed by atoms with Crippen LogP contribution in [-0.4, -0.2) is 62.8 Å². The third-order valence-corrected chi connectivity index (χ3v) is 5.54. The van der Waals surface area contributed by atoms with Gasteiger partial charge < -0.3 is 14.2 Å². The van der Waals surface area contributed by atoms with Crippen LogP contribution in [-0.2, 0) is 11.3 Å². The molecule has 31 heavy (non-hydrogen) atoms. The number of aryl methyl sites for hydroxylation is 1. The van der Waals surface area contributed by atoms with Crippen molar-refractivity contribution in [2.24, 2.45) is 0 Å². The third kappa shape index (κ3) is 4.82. The lowest BCUT2D eigenvalue weighted by molar-refractivity contribution is -0.132. The van der Waals surface area contributed by atoms with Crippen molar-refractivity contribution in [3.8, 4) is 0 Å². The van der Waals surface area contributed by atoms with E-state index in [0.29, 0.717) is 55.8 Å². The SMILES string of the molecule is O=C(CCCCCn1nnc2ccccc2c1=O)N1CCN(C(=O)c2ccco2)CC1. The normalized spacial score (nSPS) is 14.2. The lowest BCUT2D eigenvalue weighted by Gasteiger charge is -2.34. The monoisotopic (exact) mass is 423 g/mol. The van der Waals surface area contributed by atoms with Gasteiger partial charge in [0, 0.05) is 39.1 Å². The summed E-state index contributed by atoms with van der Waals surface area (Å²) in [5.41, 5.74) is 0.462. The molecular formula is C22H25N5O4. The van der Waals surface area contributed by atoms with Gasteiger partial charge in [-0.2, -0.15) is 0 Å². The number of amides is 2. The van der Waals surface area contributed by atoms with E-state index in [0.717, 1.165) is 19.3 Å². The van der Waals surface area contributed by atoms with Crippen molar-refractivity contribution < 1.29 is 14.0 Å². The van der Waals surface area contributed by atoms with Crippen molar-refractivity contribution in [2.45, 2.75) is 32.2 Å². The number of fused-ring (bicyclic) bond motifs is 1. The Morgan fingerprint density at radius 1 is 0.935 bits per heavy atom. The van der Waals surface area contributed by atoms with Gasteiger partial charge in [0.15, 0.2) is 5.76 Å². The molecule has 162 valence electrons. The summed E-state index contributed by atoms with van der Waals surface area (Å²) in [6, 6.07) is 10.5. The number of unbranched alkanes of at least 4 members (excludes halogenated alkanes) is 2. The molecule has 0 spiro atoms. The Kier molecular flexibility index (Phi) is 6.40. The number of hydrogen-bond acceptors (Lipinski definition) is 6. The van der Waals surface area contributed by atoms with Gasteiger partial charge in [0.05, 0.1) is 11.6 Å². The number of furan rings is 1. The van der Waals surface area contributed by atoms with E-state index in [2.05, 4.69) is 10.3 Å². The molecule has 0 atom stereocenters. The van der Waals surface area contributed by atoms with E-state index in [1.54, 1.807) is 29.2 Å². The van der Waals surface area contributed by atoms with Crippen LogP contribution >= 0.6 is 0 Å². The van der Waals surface area contributed by atoms with Gasteiger partial charge in [-0.05, 0) is 37.1 Å². The molecule has 0 bridgehead atoms. The predicted octanol–water partition coefficient (Wildman–Crippen LogP) is 1.93. The first-order valence-corrected chi connectivity index (χ1v) is 10.6. The van der Waals surface area contributed by atoms with Gasteiger partial charge >= 0.3 is 0 Å². The number of rotatable bonds is 7. The Balaban J connectivity index is 1.17. The Morgan fingerprint density at radius 2 is 1.71 bits per heavy atom. The second-order valence-corrected chi connectivity index (χ2v) is 7.60. The molecule has 1 aliphatic rings. The third-order valence-electron chi connectivity index (χ3n) is 5.54. The number of carbonyl (C=O) groups is 2. The highest BCUT2D eigenvalue weighted by Crippen LogP contribution is 2.12. The summed E-state index contributed by atoms with van der Waals surface area (Å²) in [4.78, 5) is 40.7. The highest BCUT2D eigenvalue weighted by molar-refractivity contribution is 5.91. The van der Waals surface area contributed by atoms with Crippen LogP contribution in [0.4, 0.5) is 0 Å². The molecule has 0 N–H and O–H groups in total. The molecule has 0 radical (unpaired) electrons. The Hall–Kier alpha value is -3.49. The molecular weight excluding hydrogens is 398 g/mol. The molecule has 4 rings (SSSR count). The summed E-state index contributed by atoms with van der Waals surface area (Å²) in [6.07, 6.45) is 4.27. The van der Waals surface area contributed by atoms with E-state index in [1.807, 2.05) is 17.0 Å².